The Labute approximate surface area is 155 Å². The summed E-state index contributed by atoms with van der Waals surface area (Å²) in [6, 6.07) is 13.1. The maximum atomic E-state index is 13.0. The molecule has 0 unspecified atom stereocenters. The summed E-state index contributed by atoms with van der Waals surface area (Å²) in [7, 11) is 0. The van der Waals surface area contributed by atoms with Crippen LogP contribution in [0.15, 0.2) is 48.7 Å². The third-order valence-electron chi connectivity index (χ3n) is 3.99. The number of nitrogens with zero attached hydrogens (tertiary/aromatic N) is 2. The molecule has 0 aliphatic heterocycles. The minimum absolute atomic E-state index is 0.0166. The maximum absolute atomic E-state index is 13.0. The number of carbonyl (C=O) groups is 2. The van der Waals surface area contributed by atoms with E-state index in [0.29, 0.717) is 24.6 Å². The maximum Gasteiger partial charge on any atom is 0.272 e. The first kappa shape index (κ1) is 19.6. The molecule has 0 atom stereocenters. The van der Waals surface area contributed by atoms with Crippen LogP contribution in [0.4, 0.5) is 0 Å². The quantitative estimate of drug-likeness (QED) is 0.828. The molecule has 2 rings (SSSR count). The van der Waals surface area contributed by atoms with Crippen molar-refractivity contribution in [3.8, 4) is 0 Å². The van der Waals surface area contributed by atoms with Crippen LogP contribution in [0.2, 0.25) is 0 Å². The molecule has 2 aromatic rings. The third-order valence-corrected chi connectivity index (χ3v) is 3.99. The number of nitrogens with one attached hydrogen (secondary N) is 1. The Kier molecular flexibility index (Phi) is 6.89. The highest BCUT2D eigenvalue weighted by Crippen LogP contribution is 2.13. The van der Waals surface area contributed by atoms with Crippen molar-refractivity contribution in [2.24, 2.45) is 5.92 Å². The minimum Gasteiger partial charge on any atom is -0.352 e. The molecule has 1 heterocycles. The highest BCUT2D eigenvalue weighted by Gasteiger charge is 2.21. The number of aromatic nitrogens is 1. The van der Waals surface area contributed by atoms with Crippen molar-refractivity contribution in [2.45, 2.75) is 40.3 Å². The fourth-order valence-electron chi connectivity index (χ4n) is 2.50. The van der Waals surface area contributed by atoms with Gasteiger partial charge in [-0.1, -0.05) is 44.2 Å². The number of hydrogen-bond donors (Lipinski definition) is 1. The molecule has 0 fully saturated rings. The first-order chi connectivity index (χ1) is 12.4. The molecule has 0 spiro atoms. The second-order valence-corrected chi connectivity index (χ2v) is 7.05. The van der Waals surface area contributed by atoms with Gasteiger partial charge in [0, 0.05) is 30.9 Å². The summed E-state index contributed by atoms with van der Waals surface area (Å²) in [6.45, 7) is 9.11. The predicted octanol–water partition coefficient (Wildman–Crippen LogP) is 3.52. The van der Waals surface area contributed by atoms with E-state index in [1.54, 1.807) is 17.0 Å². The normalized spacial score (nSPS) is 10.8. The monoisotopic (exact) mass is 353 g/mol. The number of pyridine rings is 1. The van der Waals surface area contributed by atoms with Crippen LogP contribution < -0.4 is 5.32 Å². The largest absolute Gasteiger partial charge is 0.352 e. The number of amides is 2. The molecule has 1 aromatic carbocycles. The van der Waals surface area contributed by atoms with Crippen LogP contribution in [0.3, 0.4) is 0 Å². The first-order valence-corrected chi connectivity index (χ1v) is 8.97. The van der Waals surface area contributed by atoms with E-state index in [9.17, 15) is 9.59 Å². The molecule has 1 aromatic heterocycles. The van der Waals surface area contributed by atoms with Crippen LogP contribution in [0.25, 0.3) is 0 Å². The molecule has 138 valence electrons. The Morgan fingerprint density at radius 2 is 1.77 bits per heavy atom. The molecule has 2 amide bonds. The van der Waals surface area contributed by atoms with Crippen molar-refractivity contribution in [1.82, 2.24) is 15.2 Å². The zero-order valence-electron chi connectivity index (χ0n) is 15.9. The summed E-state index contributed by atoms with van der Waals surface area (Å²) < 4.78 is 0. The standard InChI is InChI=1S/C21H27N3O2/c1-15(2)13-23-20(25)18-10-11-22-19(12-18)21(26)24(16(3)4)14-17-8-6-5-7-9-17/h5-12,15-16H,13-14H2,1-4H3,(H,23,25). The predicted molar refractivity (Wildman–Crippen MR) is 103 cm³/mol. The van der Waals surface area contributed by atoms with Crippen LogP contribution in [0, 0.1) is 5.92 Å². The van der Waals surface area contributed by atoms with Gasteiger partial charge in [0.1, 0.15) is 5.69 Å². The van der Waals surface area contributed by atoms with Gasteiger partial charge in [0.05, 0.1) is 0 Å². The van der Waals surface area contributed by atoms with Gasteiger partial charge in [0.25, 0.3) is 11.8 Å². The van der Waals surface area contributed by atoms with Crippen molar-refractivity contribution in [1.29, 1.82) is 0 Å². The number of rotatable bonds is 7. The number of benzene rings is 1. The lowest BCUT2D eigenvalue weighted by Crippen LogP contribution is -2.37. The number of carbonyl (C=O) groups excluding carboxylic acids is 2. The van der Waals surface area contributed by atoms with E-state index in [1.165, 1.54) is 6.20 Å². The summed E-state index contributed by atoms with van der Waals surface area (Å²) in [5.74, 6) is 0.000800. The zero-order valence-corrected chi connectivity index (χ0v) is 15.9. The summed E-state index contributed by atoms with van der Waals surface area (Å²) in [4.78, 5) is 31.2. The van der Waals surface area contributed by atoms with Crippen LogP contribution in [-0.2, 0) is 6.54 Å². The van der Waals surface area contributed by atoms with E-state index < -0.39 is 0 Å². The highest BCUT2D eigenvalue weighted by atomic mass is 16.2. The van der Waals surface area contributed by atoms with E-state index in [-0.39, 0.29) is 23.6 Å². The topological polar surface area (TPSA) is 62.3 Å². The second-order valence-electron chi connectivity index (χ2n) is 7.05. The van der Waals surface area contributed by atoms with Gasteiger partial charge in [0.15, 0.2) is 0 Å². The lowest BCUT2D eigenvalue weighted by molar-refractivity contribution is 0.0684. The summed E-state index contributed by atoms with van der Waals surface area (Å²) >= 11 is 0. The molecule has 0 radical (unpaired) electrons. The molecule has 0 saturated heterocycles. The van der Waals surface area contributed by atoms with Crippen molar-refractivity contribution in [3.63, 3.8) is 0 Å². The molecular weight excluding hydrogens is 326 g/mol. The Balaban J connectivity index is 2.18. The van der Waals surface area contributed by atoms with E-state index in [4.69, 9.17) is 0 Å². The van der Waals surface area contributed by atoms with Crippen LogP contribution in [0.1, 0.15) is 54.1 Å². The molecule has 5 nitrogen and oxygen atoms in total. The van der Waals surface area contributed by atoms with Crippen molar-refractivity contribution in [2.75, 3.05) is 6.54 Å². The zero-order chi connectivity index (χ0) is 19.1. The van der Waals surface area contributed by atoms with Gasteiger partial charge >= 0.3 is 0 Å². The summed E-state index contributed by atoms with van der Waals surface area (Å²) in [5, 5.41) is 2.86. The third kappa shape index (κ3) is 5.41. The molecule has 0 aliphatic rings. The van der Waals surface area contributed by atoms with E-state index >= 15 is 0 Å². The van der Waals surface area contributed by atoms with Crippen molar-refractivity contribution < 1.29 is 9.59 Å². The lowest BCUT2D eigenvalue weighted by atomic mass is 10.1. The van der Waals surface area contributed by atoms with Crippen LogP contribution in [-0.4, -0.2) is 34.3 Å². The van der Waals surface area contributed by atoms with E-state index in [1.807, 2.05) is 58.0 Å². The summed E-state index contributed by atoms with van der Waals surface area (Å²) in [6.07, 6.45) is 1.51. The van der Waals surface area contributed by atoms with Gasteiger partial charge in [-0.25, -0.2) is 0 Å². The van der Waals surface area contributed by atoms with Gasteiger partial charge in [-0.15, -0.1) is 0 Å². The Morgan fingerprint density at radius 1 is 1.08 bits per heavy atom. The Hall–Kier alpha value is -2.69. The van der Waals surface area contributed by atoms with Gasteiger partial charge in [-0.2, -0.15) is 0 Å². The van der Waals surface area contributed by atoms with Crippen LogP contribution in [0.5, 0.6) is 0 Å². The summed E-state index contributed by atoms with van der Waals surface area (Å²) in [5.41, 5.74) is 1.79. The molecule has 0 bridgehead atoms. The number of hydrogen-bond acceptors (Lipinski definition) is 3. The van der Waals surface area contributed by atoms with Crippen molar-refractivity contribution >= 4 is 11.8 Å². The average Bonchev–Trinajstić information content (AvgIpc) is 2.64. The SMILES string of the molecule is CC(C)CNC(=O)c1ccnc(C(=O)N(Cc2ccccc2)C(C)C)c1. The minimum atomic E-state index is -0.186. The Morgan fingerprint density at radius 3 is 2.38 bits per heavy atom. The fraction of sp³-hybridized carbons (Fsp3) is 0.381. The van der Waals surface area contributed by atoms with Gasteiger partial charge in [0.2, 0.25) is 0 Å². The molecule has 0 aliphatic carbocycles. The van der Waals surface area contributed by atoms with Crippen LogP contribution >= 0.6 is 0 Å². The molecule has 1 N–H and O–H groups in total. The molecule has 26 heavy (non-hydrogen) atoms. The molecular formula is C21H27N3O2. The average molecular weight is 353 g/mol. The van der Waals surface area contributed by atoms with Gasteiger partial charge in [-0.3, -0.25) is 14.6 Å². The fourth-order valence-corrected chi connectivity index (χ4v) is 2.50. The second kappa shape index (κ2) is 9.13. The van der Waals surface area contributed by atoms with Gasteiger partial charge in [-0.05, 0) is 37.5 Å². The molecule has 5 heteroatoms. The Bertz CT molecular complexity index is 742. The smallest absolute Gasteiger partial charge is 0.272 e. The van der Waals surface area contributed by atoms with E-state index in [0.717, 1.165) is 5.56 Å². The first-order valence-electron chi connectivity index (χ1n) is 8.97. The molecule has 0 saturated carbocycles. The van der Waals surface area contributed by atoms with E-state index in [2.05, 4.69) is 10.3 Å². The highest BCUT2D eigenvalue weighted by molar-refractivity contribution is 5.98. The lowest BCUT2D eigenvalue weighted by Gasteiger charge is -2.26. The van der Waals surface area contributed by atoms with Gasteiger partial charge < -0.3 is 10.2 Å². The van der Waals surface area contributed by atoms with Crippen molar-refractivity contribution in [3.05, 3.63) is 65.5 Å².